The molecule has 1 saturated carbocycles. The van der Waals surface area contributed by atoms with E-state index in [1.54, 1.807) is 12.1 Å². The van der Waals surface area contributed by atoms with Crippen molar-refractivity contribution >= 4 is 38.0 Å². The SMILES string of the molecule is CN1C(c2ccc(Cl)c(S(=O)(=O)NC3CCCC3)c2)=CS(=N)C1c1ccccc1. The fourth-order valence-electron chi connectivity index (χ4n) is 4.02. The number of hydrogen-bond donors (Lipinski definition) is 2. The van der Waals surface area contributed by atoms with E-state index in [4.69, 9.17) is 16.4 Å². The van der Waals surface area contributed by atoms with Crippen LogP contribution in [0.4, 0.5) is 0 Å². The van der Waals surface area contributed by atoms with Gasteiger partial charge in [-0.05, 0) is 36.1 Å². The first kappa shape index (κ1) is 20.6. The number of halogens is 1. The van der Waals surface area contributed by atoms with Gasteiger partial charge in [0.25, 0.3) is 0 Å². The summed E-state index contributed by atoms with van der Waals surface area (Å²) in [5.74, 6) is 0. The molecule has 2 atom stereocenters. The van der Waals surface area contributed by atoms with Crippen molar-refractivity contribution in [2.75, 3.05) is 7.05 Å². The zero-order chi connectivity index (χ0) is 20.6. The number of hydrogen-bond acceptors (Lipinski definition) is 4. The molecule has 0 bridgehead atoms. The lowest BCUT2D eigenvalue weighted by Gasteiger charge is -2.26. The Labute approximate surface area is 179 Å². The monoisotopic (exact) mass is 449 g/mol. The first-order valence-electron chi connectivity index (χ1n) is 9.62. The Morgan fingerprint density at radius 2 is 1.83 bits per heavy atom. The lowest BCUT2D eigenvalue weighted by Crippen LogP contribution is -2.32. The highest BCUT2D eigenvalue weighted by atomic mass is 35.5. The van der Waals surface area contributed by atoms with Crippen molar-refractivity contribution in [2.45, 2.75) is 42.0 Å². The van der Waals surface area contributed by atoms with E-state index in [1.165, 1.54) is 0 Å². The zero-order valence-corrected chi connectivity index (χ0v) is 18.5. The Kier molecular flexibility index (Phi) is 5.84. The molecule has 1 aliphatic carbocycles. The van der Waals surface area contributed by atoms with Crippen molar-refractivity contribution in [2.24, 2.45) is 0 Å². The van der Waals surface area contributed by atoms with Gasteiger partial charge in [-0.15, -0.1) is 0 Å². The third-order valence-corrected chi connectivity index (χ3v) is 9.04. The standard InChI is InChI=1S/C21H24ClN3O2S2/c1-25-19(14-28(23)21(25)15-7-3-2-4-8-15)16-11-12-18(22)20(13-16)29(26,27)24-17-9-5-6-10-17/h2-4,7-8,11-14,17,21,23-24H,5-6,9-10H2,1H3. The fraction of sp³-hybridized carbons (Fsp3) is 0.333. The van der Waals surface area contributed by atoms with Gasteiger partial charge in [0.1, 0.15) is 10.3 Å². The summed E-state index contributed by atoms with van der Waals surface area (Å²) in [5, 5.41) is 2.03. The van der Waals surface area contributed by atoms with E-state index in [1.807, 2.05) is 48.9 Å². The molecule has 2 N–H and O–H groups in total. The van der Waals surface area contributed by atoms with Crippen LogP contribution in [0.15, 0.2) is 58.8 Å². The molecular formula is C21H24ClN3O2S2. The summed E-state index contributed by atoms with van der Waals surface area (Å²) in [6, 6.07) is 15.0. The minimum atomic E-state index is -3.70. The Morgan fingerprint density at radius 3 is 2.52 bits per heavy atom. The topological polar surface area (TPSA) is 73.3 Å². The molecule has 2 aromatic rings. The third-order valence-electron chi connectivity index (χ3n) is 5.49. The molecule has 0 aromatic heterocycles. The molecule has 0 amide bonds. The van der Waals surface area contributed by atoms with Gasteiger partial charge in [0.2, 0.25) is 10.0 Å². The number of nitrogens with zero attached hydrogens (tertiary/aromatic N) is 1. The van der Waals surface area contributed by atoms with E-state index >= 15 is 0 Å². The molecule has 2 unspecified atom stereocenters. The lowest BCUT2D eigenvalue weighted by atomic mass is 10.1. The Hall–Kier alpha value is -1.67. The van der Waals surface area contributed by atoms with Crippen LogP contribution in [-0.4, -0.2) is 26.4 Å². The molecule has 5 nitrogen and oxygen atoms in total. The number of benzene rings is 2. The van der Waals surface area contributed by atoms with Gasteiger partial charge >= 0.3 is 0 Å². The van der Waals surface area contributed by atoms with Crippen LogP contribution in [0.5, 0.6) is 0 Å². The summed E-state index contributed by atoms with van der Waals surface area (Å²) in [6.45, 7) is 0. The molecule has 1 heterocycles. The second-order valence-electron chi connectivity index (χ2n) is 7.50. The molecule has 1 aliphatic heterocycles. The predicted molar refractivity (Wildman–Crippen MR) is 119 cm³/mol. The molecule has 2 aliphatic rings. The highest BCUT2D eigenvalue weighted by molar-refractivity contribution is 7.90. The first-order valence-corrected chi connectivity index (χ1v) is 12.8. The fourth-order valence-corrected chi connectivity index (χ4v) is 7.43. The largest absolute Gasteiger partial charge is 0.357 e. The highest BCUT2D eigenvalue weighted by Gasteiger charge is 2.30. The van der Waals surface area contributed by atoms with Crippen LogP contribution in [0.25, 0.3) is 5.70 Å². The molecule has 2 aromatic carbocycles. The van der Waals surface area contributed by atoms with Gasteiger partial charge in [0, 0.05) is 18.5 Å². The van der Waals surface area contributed by atoms with Crippen molar-refractivity contribution in [1.82, 2.24) is 9.62 Å². The molecule has 0 radical (unpaired) electrons. The van der Waals surface area contributed by atoms with E-state index < -0.39 is 20.7 Å². The summed E-state index contributed by atoms with van der Waals surface area (Å²) >= 11 is 6.27. The molecule has 0 spiro atoms. The summed E-state index contributed by atoms with van der Waals surface area (Å²) in [5.41, 5.74) is 2.68. The average molecular weight is 450 g/mol. The van der Waals surface area contributed by atoms with Crippen molar-refractivity contribution in [1.29, 1.82) is 4.78 Å². The van der Waals surface area contributed by atoms with Crippen molar-refractivity contribution in [3.63, 3.8) is 0 Å². The molecule has 0 saturated heterocycles. The van der Waals surface area contributed by atoms with Crippen LogP contribution >= 0.6 is 11.6 Å². The van der Waals surface area contributed by atoms with Gasteiger partial charge in [-0.3, -0.25) is 4.78 Å². The second-order valence-corrected chi connectivity index (χ2v) is 11.0. The third kappa shape index (κ3) is 4.14. The van der Waals surface area contributed by atoms with Crippen molar-refractivity contribution in [3.8, 4) is 0 Å². The Bertz CT molecular complexity index is 1060. The van der Waals surface area contributed by atoms with Crippen LogP contribution in [-0.2, 0) is 20.7 Å². The van der Waals surface area contributed by atoms with E-state index in [9.17, 15) is 8.42 Å². The van der Waals surface area contributed by atoms with E-state index in [-0.39, 0.29) is 21.3 Å². The van der Waals surface area contributed by atoms with Crippen LogP contribution in [0.1, 0.15) is 42.2 Å². The van der Waals surface area contributed by atoms with Gasteiger partial charge in [-0.1, -0.05) is 71.5 Å². The first-order chi connectivity index (χ1) is 13.9. The smallest absolute Gasteiger partial charge is 0.242 e. The van der Waals surface area contributed by atoms with E-state index in [2.05, 4.69) is 9.62 Å². The number of sulfonamides is 1. The van der Waals surface area contributed by atoms with Crippen LogP contribution in [0, 0.1) is 4.78 Å². The maximum atomic E-state index is 12.9. The maximum Gasteiger partial charge on any atom is 0.242 e. The molecule has 4 rings (SSSR count). The summed E-state index contributed by atoms with van der Waals surface area (Å²) in [4.78, 5) is 2.15. The maximum absolute atomic E-state index is 12.9. The number of nitrogens with one attached hydrogen (secondary N) is 2. The normalized spacial score (nSPS) is 22.8. The van der Waals surface area contributed by atoms with Gasteiger partial charge in [0.15, 0.2) is 0 Å². The summed E-state index contributed by atoms with van der Waals surface area (Å²) < 4.78 is 37.2. The van der Waals surface area contributed by atoms with Gasteiger partial charge in [0.05, 0.1) is 10.7 Å². The average Bonchev–Trinajstić information content (AvgIpc) is 3.30. The van der Waals surface area contributed by atoms with E-state index in [0.29, 0.717) is 0 Å². The minimum Gasteiger partial charge on any atom is -0.357 e. The van der Waals surface area contributed by atoms with Crippen LogP contribution in [0.2, 0.25) is 5.02 Å². The summed E-state index contributed by atoms with van der Waals surface area (Å²) in [7, 11) is -2.49. The second kappa shape index (κ2) is 8.22. The predicted octanol–water partition coefficient (Wildman–Crippen LogP) is 4.88. The molecule has 29 heavy (non-hydrogen) atoms. The van der Waals surface area contributed by atoms with Gasteiger partial charge < -0.3 is 4.90 Å². The van der Waals surface area contributed by atoms with E-state index in [0.717, 1.165) is 42.5 Å². The molecule has 8 heteroatoms. The summed E-state index contributed by atoms with van der Waals surface area (Å²) in [6.07, 6.45) is 3.83. The quantitative estimate of drug-likeness (QED) is 0.682. The Morgan fingerprint density at radius 1 is 1.14 bits per heavy atom. The lowest BCUT2D eigenvalue weighted by molar-refractivity contribution is 0.469. The number of rotatable bonds is 5. The van der Waals surface area contributed by atoms with Gasteiger partial charge in [-0.2, -0.15) is 0 Å². The zero-order valence-electron chi connectivity index (χ0n) is 16.1. The van der Waals surface area contributed by atoms with Crippen LogP contribution in [0.3, 0.4) is 0 Å². The van der Waals surface area contributed by atoms with Gasteiger partial charge in [-0.25, -0.2) is 13.1 Å². The van der Waals surface area contributed by atoms with Crippen LogP contribution < -0.4 is 4.72 Å². The van der Waals surface area contributed by atoms with Crippen molar-refractivity contribution < 1.29 is 8.42 Å². The molecule has 154 valence electrons. The Balaban J connectivity index is 1.65. The molecule has 1 fully saturated rings. The van der Waals surface area contributed by atoms with Crippen molar-refractivity contribution in [3.05, 3.63) is 70.1 Å². The highest BCUT2D eigenvalue weighted by Crippen LogP contribution is 2.39. The minimum absolute atomic E-state index is 0.0188. The molecular weight excluding hydrogens is 426 g/mol.